The van der Waals surface area contributed by atoms with Gasteiger partial charge in [0.05, 0.1) is 17.1 Å². The van der Waals surface area contributed by atoms with Crippen molar-refractivity contribution >= 4 is 35.2 Å². The molecule has 1 aromatic carbocycles. The van der Waals surface area contributed by atoms with Gasteiger partial charge in [-0.3, -0.25) is 4.79 Å². The van der Waals surface area contributed by atoms with Crippen LogP contribution in [0.5, 0.6) is 0 Å². The fraction of sp³-hybridized carbons (Fsp3) is 0.467. The summed E-state index contributed by atoms with van der Waals surface area (Å²) in [6.07, 6.45) is 1.27. The van der Waals surface area contributed by atoms with Gasteiger partial charge in [0.2, 0.25) is 0 Å². The maximum Gasteiger partial charge on any atom is 0.410 e. The Labute approximate surface area is 138 Å². The Kier molecular flexibility index (Phi) is 4.45. The molecule has 2 heterocycles. The van der Waals surface area contributed by atoms with Crippen molar-refractivity contribution in [3.8, 4) is 0 Å². The second kappa shape index (κ2) is 6.34. The summed E-state index contributed by atoms with van der Waals surface area (Å²) >= 11 is 11.9. The summed E-state index contributed by atoms with van der Waals surface area (Å²) in [4.78, 5) is 27.6. The predicted octanol–water partition coefficient (Wildman–Crippen LogP) is 3.05. The van der Waals surface area contributed by atoms with Crippen LogP contribution in [0.25, 0.3) is 0 Å². The number of hydrogen-bond acceptors (Lipinski definition) is 3. The number of likely N-dealkylation sites (tertiary alicyclic amines) is 1. The van der Waals surface area contributed by atoms with Crippen LogP contribution in [0.1, 0.15) is 23.2 Å². The number of halogens is 2. The van der Waals surface area contributed by atoms with Gasteiger partial charge < -0.3 is 14.5 Å². The molecule has 2 fully saturated rings. The van der Waals surface area contributed by atoms with E-state index in [1.807, 2.05) is 0 Å². The average molecular weight is 343 g/mol. The van der Waals surface area contributed by atoms with E-state index in [4.69, 9.17) is 27.9 Å². The number of ether oxygens (including phenoxy) is 1. The molecule has 7 heteroatoms. The molecule has 5 nitrogen and oxygen atoms in total. The van der Waals surface area contributed by atoms with Crippen LogP contribution >= 0.6 is 23.2 Å². The van der Waals surface area contributed by atoms with Crippen molar-refractivity contribution in [1.82, 2.24) is 9.80 Å². The van der Waals surface area contributed by atoms with E-state index in [9.17, 15) is 9.59 Å². The summed E-state index contributed by atoms with van der Waals surface area (Å²) in [6.45, 7) is 2.30. The van der Waals surface area contributed by atoms with Gasteiger partial charge in [-0.25, -0.2) is 4.79 Å². The van der Waals surface area contributed by atoms with E-state index >= 15 is 0 Å². The number of piperidine rings is 1. The highest BCUT2D eigenvalue weighted by Gasteiger charge is 2.33. The monoisotopic (exact) mass is 342 g/mol. The molecular formula is C15H16Cl2N2O3. The molecule has 0 saturated carbocycles. The molecule has 0 radical (unpaired) electrons. The van der Waals surface area contributed by atoms with Gasteiger partial charge in [-0.05, 0) is 31.0 Å². The predicted molar refractivity (Wildman–Crippen MR) is 83.4 cm³/mol. The first-order chi connectivity index (χ1) is 10.6. The molecule has 0 spiro atoms. The summed E-state index contributed by atoms with van der Waals surface area (Å²) < 4.78 is 4.97. The molecule has 118 valence electrons. The Morgan fingerprint density at radius 1 is 1.18 bits per heavy atom. The van der Waals surface area contributed by atoms with Crippen LogP contribution in [0.15, 0.2) is 18.2 Å². The van der Waals surface area contributed by atoms with E-state index in [0.717, 1.165) is 12.8 Å². The molecule has 2 aliphatic heterocycles. The van der Waals surface area contributed by atoms with Gasteiger partial charge in [0.1, 0.15) is 6.61 Å². The van der Waals surface area contributed by atoms with Gasteiger partial charge in [-0.2, -0.15) is 0 Å². The van der Waals surface area contributed by atoms with Crippen LogP contribution in [0, 0.1) is 0 Å². The molecule has 2 amide bonds. The third kappa shape index (κ3) is 3.01. The lowest BCUT2D eigenvalue weighted by molar-refractivity contribution is 0.0659. The zero-order valence-corrected chi connectivity index (χ0v) is 13.4. The molecule has 2 aliphatic rings. The van der Waals surface area contributed by atoms with Gasteiger partial charge in [-0.1, -0.05) is 23.2 Å². The zero-order valence-electron chi connectivity index (χ0n) is 11.9. The van der Waals surface area contributed by atoms with Crippen molar-refractivity contribution in [3.05, 3.63) is 33.8 Å². The van der Waals surface area contributed by atoms with E-state index in [-0.39, 0.29) is 18.0 Å². The normalized spacial score (nSPS) is 19.5. The minimum absolute atomic E-state index is 0.0934. The van der Waals surface area contributed by atoms with E-state index in [2.05, 4.69) is 0 Å². The smallest absolute Gasteiger partial charge is 0.410 e. The third-order valence-electron chi connectivity index (χ3n) is 4.15. The summed E-state index contributed by atoms with van der Waals surface area (Å²) in [6, 6.07) is 5.04. The number of hydrogen-bond donors (Lipinski definition) is 0. The third-order valence-corrected chi connectivity index (χ3v) is 4.69. The molecule has 3 rings (SSSR count). The second-order valence-electron chi connectivity index (χ2n) is 5.46. The van der Waals surface area contributed by atoms with Gasteiger partial charge in [0, 0.05) is 24.2 Å². The van der Waals surface area contributed by atoms with E-state index < -0.39 is 0 Å². The fourth-order valence-electron chi connectivity index (χ4n) is 2.95. The van der Waals surface area contributed by atoms with Crippen molar-refractivity contribution in [2.75, 3.05) is 26.2 Å². The summed E-state index contributed by atoms with van der Waals surface area (Å²) in [5.74, 6) is -0.0934. The van der Waals surface area contributed by atoms with Crippen molar-refractivity contribution in [2.24, 2.45) is 0 Å². The largest absolute Gasteiger partial charge is 0.448 e. The maximum atomic E-state index is 12.5. The Morgan fingerprint density at radius 2 is 1.91 bits per heavy atom. The van der Waals surface area contributed by atoms with Crippen molar-refractivity contribution in [2.45, 2.75) is 18.9 Å². The lowest BCUT2D eigenvalue weighted by Crippen LogP contribution is -2.47. The molecule has 0 aromatic heterocycles. The molecule has 0 N–H and O–H groups in total. The van der Waals surface area contributed by atoms with E-state index in [1.54, 1.807) is 28.0 Å². The molecular weight excluding hydrogens is 327 g/mol. The Bertz CT molecular complexity index is 600. The van der Waals surface area contributed by atoms with Crippen LogP contribution in [0.4, 0.5) is 4.79 Å². The highest BCUT2D eigenvalue weighted by Crippen LogP contribution is 2.25. The number of amides is 2. The second-order valence-corrected chi connectivity index (χ2v) is 6.30. The molecule has 0 aliphatic carbocycles. The number of rotatable bonds is 2. The molecule has 0 atom stereocenters. The van der Waals surface area contributed by atoms with Gasteiger partial charge in [0.25, 0.3) is 5.91 Å². The lowest BCUT2D eigenvalue weighted by Gasteiger charge is -2.35. The first kappa shape index (κ1) is 15.4. The number of carbonyl (C=O) groups excluding carboxylic acids is 2. The van der Waals surface area contributed by atoms with Crippen LogP contribution in [-0.4, -0.2) is 54.1 Å². The van der Waals surface area contributed by atoms with Crippen molar-refractivity contribution < 1.29 is 14.3 Å². The summed E-state index contributed by atoms with van der Waals surface area (Å²) in [7, 11) is 0. The van der Waals surface area contributed by atoms with Gasteiger partial charge in [0.15, 0.2) is 0 Å². The standard InChI is InChI=1S/C15H16Cl2N2O3/c16-10-1-2-12(13(17)9-10)14(20)18-5-3-11(4-6-18)19-7-8-22-15(19)21/h1-2,9,11H,3-8H2. The van der Waals surface area contributed by atoms with Crippen LogP contribution in [-0.2, 0) is 4.74 Å². The summed E-state index contributed by atoms with van der Waals surface area (Å²) in [5, 5.41) is 0.871. The lowest BCUT2D eigenvalue weighted by atomic mass is 10.0. The summed E-state index contributed by atoms with van der Waals surface area (Å²) in [5.41, 5.74) is 0.463. The van der Waals surface area contributed by atoms with E-state index in [1.165, 1.54) is 0 Å². The zero-order chi connectivity index (χ0) is 15.7. The van der Waals surface area contributed by atoms with Crippen LogP contribution < -0.4 is 0 Å². The maximum absolute atomic E-state index is 12.5. The highest BCUT2D eigenvalue weighted by atomic mass is 35.5. The van der Waals surface area contributed by atoms with E-state index in [0.29, 0.717) is 41.8 Å². The first-order valence-electron chi connectivity index (χ1n) is 7.24. The Hall–Kier alpha value is -1.46. The number of carbonyl (C=O) groups is 2. The average Bonchev–Trinajstić information content (AvgIpc) is 2.93. The molecule has 2 saturated heterocycles. The quantitative estimate of drug-likeness (QED) is 0.829. The van der Waals surface area contributed by atoms with Crippen LogP contribution in [0.2, 0.25) is 10.0 Å². The minimum atomic E-state index is -0.245. The number of benzene rings is 1. The van der Waals surface area contributed by atoms with Gasteiger partial charge >= 0.3 is 6.09 Å². The van der Waals surface area contributed by atoms with Gasteiger partial charge in [-0.15, -0.1) is 0 Å². The topological polar surface area (TPSA) is 49.9 Å². The SMILES string of the molecule is O=C(c1ccc(Cl)cc1Cl)N1CCC(N2CCOC2=O)CC1. The highest BCUT2D eigenvalue weighted by molar-refractivity contribution is 6.36. The van der Waals surface area contributed by atoms with Crippen molar-refractivity contribution in [3.63, 3.8) is 0 Å². The van der Waals surface area contributed by atoms with Crippen LogP contribution in [0.3, 0.4) is 0 Å². The minimum Gasteiger partial charge on any atom is -0.448 e. The number of nitrogens with zero attached hydrogens (tertiary/aromatic N) is 2. The molecule has 1 aromatic rings. The first-order valence-corrected chi connectivity index (χ1v) is 7.99. The molecule has 0 unspecified atom stereocenters. The Morgan fingerprint density at radius 3 is 2.50 bits per heavy atom. The number of cyclic esters (lactones) is 1. The molecule has 22 heavy (non-hydrogen) atoms. The Balaban J connectivity index is 1.63. The van der Waals surface area contributed by atoms with Crippen molar-refractivity contribution in [1.29, 1.82) is 0 Å². The molecule has 0 bridgehead atoms. The fourth-order valence-corrected chi connectivity index (χ4v) is 3.44.